The third-order valence-corrected chi connectivity index (χ3v) is 2.88. The van der Waals surface area contributed by atoms with E-state index in [9.17, 15) is 18.7 Å². The highest BCUT2D eigenvalue weighted by Crippen LogP contribution is 2.15. The molecule has 1 aromatic heterocycles. The lowest BCUT2D eigenvalue weighted by atomic mass is 10.3. The Hall–Kier alpha value is -2.41. The number of amides is 1. The Bertz CT molecular complexity index is 617. The molecule has 0 spiro atoms. The number of carbonyl (C=O) groups is 1. The van der Waals surface area contributed by atoms with Crippen LogP contribution in [0.15, 0.2) is 36.5 Å². The molecule has 0 aliphatic heterocycles. The van der Waals surface area contributed by atoms with E-state index in [-0.39, 0.29) is 31.2 Å². The van der Waals surface area contributed by atoms with Crippen LogP contribution in [0, 0.1) is 11.6 Å². The fraction of sp³-hybridized carbons (Fsp3) is 0.267. The summed E-state index contributed by atoms with van der Waals surface area (Å²) in [5.41, 5.74) is 0.769. The minimum atomic E-state index is -1.02. The van der Waals surface area contributed by atoms with E-state index < -0.39 is 17.7 Å². The maximum atomic E-state index is 13.0. The standard InChI is InChI=1S/C15H16F2N2O3/c16-13-4-3-12(7-14(13)17)22-9-11(20)8-19-15(21)6-10-2-1-5-18-10/h1-5,7,11,18,20H,6,8-9H2,(H,19,21). The number of nitrogens with one attached hydrogen (secondary N) is 2. The second-order valence-corrected chi connectivity index (χ2v) is 4.72. The summed E-state index contributed by atoms with van der Waals surface area (Å²) in [5, 5.41) is 12.2. The van der Waals surface area contributed by atoms with Gasteiger partial charge >= 0.3 is 0 Å². The van der Waals surface area contributed by atoms with E-state index in [1.54, 1.807) is 18.3 Å². The number of aliphatic hydroxyl groups is 1. The number of H-pyrrole nitrogens is 1. The van der Waals surface area contributed by atoms with Gasteiger partial charge in [-0.1, -0.05) is 0 Å². The zero-order chi connectivity index (χ0) is 15.9. The highest BCUT2D eigenvalue weighted by Gasteiger charge is 2.10. The Balaban J connectivity index is 1.70. The van der Waals surface area contributed by atoms with E-state index in [0.717, 1.165) is 17.8 Å². The quantitative estimate of drug-likeness (QED) is 0.723. The van der Waals surface area contributed by atoms with E-state index in [1.165, 1.54) is 6.07 Å². The van der Waals surface area contributed by atoms with Gasteiger partial charge in [-0.25, -0.2) is 8.78 Å². The fourth-order valence-corrected chi connectivity index (χ4v) is 1.76. The summed E-state index contributed by atoms with van der Waals surface area (Å²) in [6, 6.07) is 6.66. The molecule has 1 unspecified atom stereocenters. The number of hydrogen-bond donors (Lipinski definition) is 3. The molecule has 1 aromatic carbocycles. The van der Waals surface area contributed by atoms with Gasteiger partial charge < -0.3 is 20.1 Å². The van der Waals surface area contributed by atoms with Crippen LogP contribution >= 0.6 is 0 Å². The molecular weight excluding hydrogens is 294 g/mol. The maximum Gasteiger partial charge on any atom is 0.226 e. The van der Waals surface area contributed by atoms with Crippen molar-refractivity contribution in [1.82, 2.24) is 10.3 Å². The largest absolute Gasteiger partial charge is 0.491 e. The van der Waals surface area contributed by atoms with Crippen molar-refractivity contribution in [3.05, 3.63) is 53.9 Å². The molecule has 0 saturated heterocycles. The zero-order valence-electron chi connectivity index (χ0n) is 11.7. The number of aromatic amines is 1. The van der Waals surface area contributed by atoms with E-state index >= 15 is 0 Å². The van der Waals surface area contributed by atoms with Crippen molar-refractivity contribution in [1.29, 1.82) is 0 Å². The van der Waals surface area contributed by atoms with Gasteiger partial charge in [-0.3, -0.25) is 4.79 Å². The first kappa shape index (κ1) is 16.0. The molecule has 0 bridgehead atoms. The summed E-state index contributed by atoms with van der Waals surface area (Å²) in [5.74, 6) is -2.12. The van der Waals surface area contributed by atoms with Gasteiger partial charge in [0.1, 0.15) is 18.5 Å². The molecule has 118 valence electrons. The van der Waals surface area contributed by atoms with Crippen LogP contribution in [0.1, 0.15) is 5.69 Å². The van der Waals surface area contributed by atoms with Crippen LogP contribution in [0.3, 0.4) is 0 Å². The summed E-state index contributed by atoms with van der Waals surface area (Å²) in [4.78, 5) is 14.5. The van der Waals surface area contributed by atoms with Gasteiger partial charge in [0.25, 0.3) is 0 Å². The molecule has 0 fully saturated rings. The van der Waals surface area contributed by atoms with Gasteiger partial charge in [0.05, 0.1) is 6.42 Å². The van der Waals surface area contributed by atoms with Gasteiger partial charge in [0.2, 0.25) is 5.91 Å². The Morgan fingerprint density at radius 2 is 2.14 bits per heavy atom. The molecule has 22 heavy (non-hydrogen) atoms. The lowest BCUT2D eigenvalue weighted by molar-refractivity contribution is -0.121. The molecule has 7 heteroatoms. The van der Waals surface area contributed by atoms with Crippen LogP contribution in [0.5, 0.6) is 5.75 Å². The van der Waals surface area contributed by atoms with Gasteiger partial charge in [-0.15, -0.1) is 0 Å². The highest BCUT2D eigenvalue weighted by atomic mass is 19.2. The van der Waals surface area contributed by atoms with E-state index in [2.05, 4.69) is 10.3 Å². The van der Waals surface area contributed by atoms with Crippen molar-refractivity contribution in [2.45, 2.75) is 12.5 Å². The molecule has 1 heterocycles. The zero-order valence-corrected chi connectivity index (χ0v) is 11.7. The number of rotatable bonds is 7. The summed E-state index contributed by atoms with van der Waals surface area (Å²) < 4.78 is 30.8. The summed E-state index contributed by atoms with van der Waals surface area (Å²) in [6.45, 7) is -0.142. The number of hydrogen-bond acceptors (Lipinski definition) is 3. The Morgan fingerprint density at radius 3 is 2.82 bits per heavy atom. The minimum Gasteiger partial charge on any atom is -0.491 e. The Kier molecular flexibility index (Phi) is 5.48. The number of carbonyl (C=O) groups excluding carboxylic acids is 1. The third-order valence-electron chi connectivity index (χ3n) is 2.88. The highest BCUT2D eigenvalue weighted by molar-refractivity contribution is 5.78. The topological polar surface area (TPSA) is 74.4 Å². The minimum absolute atomic E-state index is 0.00319. The van der Waals surface area contributed by atoms with Gasteiger partial charge in [0, 0.05) is 24.5 Å². The van der Waals surface area contributed by atoms with Crippen molar-refractivity contribution in [2.24, 2.45) is 0 Å². The SMILES string of the molecule is O=C(Cc1ccc[nH]1)NCC(O)COc1ccc(F)c(F)c1. The van der Waals surface area contributed by atoms with E-state index in [4.69, 9.17) is 4.74 Å². The Labute approximate surface area is 125 Å². The van der Waals surface area contributed by atoms with Crippen molar-refractivity contribution < 1.29 is 23.4 Å². The van der Waals surface area contributed by atoms with Crippen LogP contribution < -0.4 is 10.1 Å². The number of aliphatic hydroxyl groups excluding tert-OH is 1. The van der Waals surface area contributed by atoms with Crippen LogP contribution in [-0.2, 0) is 11.2 Å². The molecule has 2 aromatic rings. The monoisotopic (exact) mass is 310 g/mol. The first-order chi connectivity index (χ1) is 10.5. The second-order valence-electron chi connectivity index (χ2n) is 4.72. The van der Waals surface area contributed by atoms with E-state index in [1.807, 2.05) is 0 Å². The second kappa shape index (κ2) is 7.56. The van der Waals surface area contributed by atoms with Crippen LogP contribution in [0.25, 0.3) is 0 Å². The predicted molar refractivity (Wildman–Crippen MR) is 75.4 cm³/mol. The van der Waals surface area contributed by atoms with Crippen molar-refractivity contribution in [3.63, 3.8) is 0 Å². The van der Waals surface area contributed by atoms with Gasteiger partial charge in [-0.05, 0) is 24.3 Å². The van der Waals surface area contributed by atoms with Crippen molar-refractivity contribution >= 4 is 5.91 Å². The molecular formula is C15H16F2N2O3. The molecule has 2 rings (SSSR count). The van der Waals surface area contributed by atoms with Crippen LogP contribution in [0.2, 0.25) is 0 Å². The molecule has 3 N–H and O–H groups in total. The normalized spacial score (nSPS) is 12.0. The molecule has 1 amide bonds. The van der Waals surface area contributed by atoms with Gasteiger partial charge in [-0.2, -0.15) is 0 Å². The Morgan fingerprint density at radius 1 is 1.32 bits per heavy atom. The number of ether oxygens (including phenoxy) is 1. The summed E-state index contributed by atoms with van der Waals surface area (Å²) in [7, 11) is 0. The summed E-state index contributed by atoms with van der Waals surface area (Å²) >= 11 is 0. The average Bonchev–Trinajstić information content (AvgIpc) is 2.99. The molecule has 1 atom stereocenters. The molecule has 0 aliphatic carbocycles. The van der Waals surface area contributed by atoms with Crippen molar-refractivity contribution in [3.8, 4) is 5.75 Å². The fourth-order valence-electron chi connectivity index (χ4n) is 1.76. The lowest BCUT2D eigenvalue weighted by Crippen LogP contribution is -2.36. The number of halogens is 2. The third kappa shape index (κ3) is 4.85. The van der Waals surface area contributed by atoms with E-state index in [0.29, 0.717) is 0 Å². The first-order valence-corrected chi connectivity index (χ1v) is 6.69. The van der Waals surface area contributed by atoms with Gasteiger partial charge in [0.15, 0.2) is 11.6 Å². The van der Waals surface area contributed by atoms with Crippen molar-refractivity contribution in [2.75, 3.05) is 13.2 Å². The smallest absolute Gasteiger partial charge is 0.226 e. The number of benzene rings is 1. The first-order valence-electron chi connectivity index (χ1n) is 6.69. The summed E-state index contributed by atoms with van der Waals surface area (Å²) in [6.07, 6.45) is 0.942. The maximum absolute atomic E-state index is 13.0. The molecule has 5 nitrogen and oxygen atoms in total. The molecule has 0 radical (unpaired) electrons. The number of aromatic nitrogens is 1. The average molecular weight is 310 g/mol. The molecule has 0 saturated carbocycles. The van der Waals surface area contributed by atoms with Crippen LogP contribution in [-0.4, -0.2) is 35.3 Å². The predicted octanol–water partition coefficient (Wildman–Crippen LogP) is 1.39. The lowest BCUT2D eigenvalue weighted by Gasteiger charge is -2.13. The molecule has 0 aliphatic rings. The van der Waals surface area contributed by atoms with Crippen LogP contribution in [0.4, 0.5) is 8.78 Å².